The minimum absolute atomic E-state index is 0.00553. The number of nitrogens with zero attached hydrogens (tertiary/aromatic N) is 1. The summed E-state index contributed by atoms with van der Waals surface area (Å²) >= 11 is 0. The highest BCUT2D eigenvalue weighted by Gasteiger charge is 2.37. The number of carboxylic acids is 1. The van der Waals surface area contributed by atoms with Gasteiger partial charge in [-0.25, -0.2) is 0 Å². The van der Waals surface area contributed by atoms with Crippen molar-refractivity contribution in [3.05, 3.63) is 24.0 Å². The van der Waals surface area contributed by atoms with Gasteiger partial charge in [0.2, 0.25) is 0 Å². The third kappa shape index (κ3) is 2.97. The van der Waals surface area contributed by atoms with Crippen LogP contribution in [0.4, 0.5) is 0 Å². The Bertz CT molecular complexity index is 473. The van der Waals surface area contributed by atoms with Crippen molar-refractivity contribution in [1.82, 2.24) is 9.88 Å². The van der Waals surface area contributed by atoms with Crippen LogP contribution in [-0.4, -0.2) is 27.1 Å². The van der Waals surface area contributed by atoms with E-state index in [1.807, 2.05) is 23.8 Å². The molecule has 2 rings (SSSR count). The molecule has 1 amide bonds. The molecule has 0 aliphatic heterocycles. The lowest BCUT2D eigenvalue weighted by Crippen LogP contribution is -2.48. The largest absolute Gasteiger partial charge is 0.481 e. The van der Waals surface area contributed by atoms with E-state index in [0.29, 0.717) is 5.69 Å². The SMILES string of the molecule is CCn1cccc1C(=O)NC1(CC(=O)O)CCCC1. The number of amides is 1. The molecule has 2 N–H and O–H groups in total. The van der Waals surface area contributed by atoms with Gasteiger partial charge >= 0.3 is 5.97 Å². The molecular formula is C14H20N2O3. The Hall–Kier alpha value is -1.78. The first-order valence-corrected chi connectivity index (χ1v) is 6.76. The second-order valence-corrected chi connectivity index (χ2v) is 5.19. The molecule has 0 saturated heterocycles. The van der Waals surface area contributed by atoms with Gasteiger partial charge in [-0.05, 0) is 31.9 Å². The van der Waals surface area contributed by atoms with E-state index in [2.05, 4.69) is 5.32 Å². The van der Waals surface area contributed by atoms with E-state index < -0.39 is 11.5 Å². The fourth-order valence-corrected chi connectivity index (χ4v) is 2.89. The number of nitrogens with one attached hydrogen (secondary N) is 1. The Morgan fingerprint density at radius 1 is 1.42 bits per heavy atom. The molecular weight excluding hydrogens is 244 g/mol. The van der Waals surface area contributed by atoms with E-state index in [1.54, 1.807) is 6.07 Å². The number of rotatable bonds is 5. The van der Waals surface area contributed by atoms with Gasteiger partial charge < -0.3 is 15.0 Å². The van der Waals surface area contributed by atoms with E-state index >= 15 is 0 Å². The maximum absolute atomic E-state index is 12.3. The van der Waals surface area contributed by atoms with E-state index in [-0.39, 0.29) is 12.3 Å². The summed E-state index contributed by atoms with van der Waals surface area (Å²) in [6, 6.07) is 3.60. The zero-order chi connectivity index (χ0) is 13.9. The first-order valence-electron chi connectivity index (χ1n) is 6.76. The fourth-order valence-electron chi connectivity index (χ4n) is 2.89. The highest BCUT2D eigenvalue weighted by atomic mass is 16.4. The molecule has 1 aliphatic carbocycles. The summed E-state index contributed by atoms with van der Waals surface area (Å²) in [4.78, 5) is 23.3. The van der Waals surface area contributed by atoms with Crippen molar-refractivity contribution < 1.29 is 14.7 Å². The fraction of sp³-hybridized carbons (Fsp3) is 0.571. The van der Waals surface area contributed by atoms with Crippen LogP contribution in [-0.2, 0) is 11.3 Å². The predicted octanol–water partition coefficient (Wildman–Crippen LogP) is 2.03. The quantitative estimate of drug-likeness (QED) is 0.854. The van der Waals surface area contributed by atoms with Gasteiger partial charge in [0.15, 0.2) is 0 Å². The number of hydrogen-bond donors (Lipinski definition) is 2. The summed E-state index contributed by atoms with van der Waals surface area (Å²) in [5.41, 5.74) is 0.0327. The van der Waals surface area contributed by atoms with Gasteiger partial charge in [-0.2, -0.15) is 0 Å². The monoisotopic (exact) mass is 264 g/mol. The van der Waals surface area contributed by atoms with Gasteiger partial charge in [0, 0.05) is 12.7 Å². The van der Waals surface area contributed by atoms with Crippen molar-refractivity contribution in [2.75, 3.05) is 0 Å². The number of carboxylic acid groups (broad SMARTS) is 1. The summed E-state index contributed by atoms with van der Waals surface area (Å²) < 4.78 is 1.86. The molecule has 104 valence electrons. The summed E-state index contributed by atoms with van der Waals surface area (Å²) in [5.74, 6) is -1.02. The predicted molar refractivity (Wildman–Crippen MR) is 71.0 cm³/mol. The third-order valence-corrected chi connectivity index (χ3v) is 3.83. The van der Waals surface area contributed by atoms with Gasteiger partial charge in [0.1, 0.15) is 5.69 Å². The molecule has 1 aromatic heterocycles. The van der Waals surface area contributed by atoms with Crippen LogP contribution in [0.15, 0.2) is 18.3 Å². The van der Waals surface area contributed by atoms with Crippen LogP contribution in [0.3, 0.4) is 0 Å². The van der Waals surface area contributed by atoms with E-state index in [1.165, 1.54) is 0 Å². The molecule has 1 saturated carbocycles. The smallest absolute Gasteiger partial charge is 0.305 e. The lowest BCUT2D eigenvalue weighted by Gasteiger charge is -2.28. The Morgan fingerprint density at radius 3 is 2.68 bits per heavy atom. The van der Waals surface area contributed by atoms with Gasteiger partial charge in [-0.1, -0.05) is 12.8 Å². The molecule has 1 heterocycles. The topological polar surface area (TPSA) is 71.3 Å². The lowest BCUT2D eigenvalue weighted by molar-refractivity contribution is -0.138. The molecule has 0 aromatic carbocycles. The molecule has 19 heavy (non-hydrogen) atoms. The summed E-state index contributed by atoms with van der Waals surface area (Å²) in [6.07, 6.45) is 5.31. The number of carbonyl (C=O) groups excluding carboxylic acids is 1. The van der Waals surface area contributed by atoms with Gasteiger partial charge in [0.05, 0.1) is 12.0 Å². The highest BCUT2D eigenvalue weighted by Crippen LogP contribution is 2.33. The van der Waals surface area contributed by atoms with Crippen molar-refractivity contribution in [1.29, 1.82) is 0 Å². The maximum atomic E-state index is 12.3. The maximum Gasteiger partial charge on any atom is 0.305 e. The molecule has 5 nitrogen and oxygen atoms in total. The average Bonchev–Trinajstić information content (AvgIpc) is 2.96. The van der Waals surface area contributed by atoms with Gasteiger partial charge in [-0.3, -0.25) is 9.59 Å². The molecule has 0 spiro atoms. The molecule has 5 heteroatoms. The van der Waals surface area contributed by atoms with E-state index in [9.17, 15) is 9.59 Å². The first kappa shape index (κ1) is 13.6. The number of aromatic nitrogens is 1. The number of aryl methyl sites for hydroxylation is 1. The van der Waals surface area contributed by atoms with E-state index in [4.69, 9.17) is 5.11 Å². The van der Waals surface area contributed by atoms with Crippen molar-refractivity contribution in [3.63, 3.8) is 0 Å². The third-order valence-electron chi connectivity index (χ3n) is 3.83. The van der Waals surface area contributed by atoms with Crippen LogP contribution < -0.4 is 5.32 Å². The average molecular weight is 264 g/mol. The second kappa shape index (κ2) is 5.47. The highest BCUT2D eigenvalue weighted by molar-refractivity contribution is 5.93. The summed E-state index contributed by atoms with van der Waals surface area (Å²) in [6.45, 7) is 2.70. The Kier molecular flexibility index (Phi) is 3.93. The molecule has 1 aromatic rings. The molecule has 0 unspecified atom stereocenters. The van der Waals surface area contributed by atoms with Crippen LogP contribution in [0.5, 0.6) is 0 Å². The zero-order valence-corrected chi connectivity index (χ0v) is 11.2. The number of carbonyl (C=O) groups is 2. The first-order chi connectivity index (χ1) is 9.06. The minimum Gasteiger partial charge on any atom is -0.481 e. The standard InChI is InChI=1S/C14H20N2O3/c1-2-16-9-5-6-11(16)13(19)15-14(10-12(17)18)7-3-4-8-14/h5-6,9H,2-4,7-8,10H2,1H3,(H,15,19)(H,17,18). The minimum atomic E-state index is -0.854. The molecule has 0 radical (unpaired) electrons. The normalized spacial score (nSPS) is 17.3. The zero-order valence-electron chi connectivity index (χ0n) is 11.2. The second-order valence-electron chi connectivity index (χ2n) is 5.19. The molecule has 0 atom stereocenters. The van der Waals surface area contributed by atoms with Gasteiger partial charge in [0.25, 0.3) is 5.91 Å². The summed E-state index contributed by atoms with van der Waals surface area (Å²) in [7, 11) is 0. The van der Waals surface area contributed by atoms with Crippen LogP contribution in [0.2, 0.25) is 0 Å². The van der Waals surface area contributed by atoms with Crippen molar-refractivity contribution >= 4 is 11.9 Å². The molecule has 0 bridgehead atoms. The van der Waals surface area contributed by atoms with Crippen molar-refractivity contribution in [3.8, 4) is 0 Å². The van der Waals surface area contributed by atoms with Gasteiger partial charge in [-0.15, -0.1) is 0 Å². The number of aliphatic carboxylic acids is 1. The summed E-state index contributed by atoms with van der Waals surface area (Å²) in [5, 5.41) is 12.0. The molecule has 1 fully saturated rings. The van der Waals surface area contributed by atoms with Crippen LogP contribution in [0.1, 0.15) is 49.5 Å². The van der Waals surface area contributed by atoms with Crippen LogP contribution in [0.25, 0.3) is 0 Å². The Balaban J connectivity index is 2.13. The molecule has 1 aliphatic rings. The van der Waals surface area contributed by atoms with Crippen molar-refractivity contribution in [2.24, 2.45) is 0 Å². The lowest BCUT2D eigenvalue weighted by atomic mass is 9.93. The Morgan fingerprint density at radius 2 is 2.11 bits per heavy atom. The van der Waals surface area contributed by atoms with E-state index in [0.717, 1.165) is 32.2 Å². The number of hydrogen-bond acceptors (Lipinski definition) is 2. The van der Waals surface area contributed by atoms with Crippen LogP contribution in [0, 0.1) is 0 Å². The van der Waals surface area contributed by atoms with Crippen LogP contribution >= 0.6 is 0 Å². The Labute approximate surface area is 112 Å². The van der Waals surface area contributed by atoms with Crippen molar-refractivity contribution in [2.45, 2.75) is 51.1 Å².